The molecule has 0 amide bonds. The van der Waals surface area contributed by atoms with E-state index in [1.807, 2.05) is 0 Å². The molecule has 1 unspecified atom stereocenters. The van der Waals surface area contributed by atoms with Gasteiger partial charge in [0.2, 0.25) is 5.28 Å². The highest BCUT2D eigenvalue weighted by Gasteiger charge is 2.29. The average molecular weight is 263 g/mol. The topological polar surface area (TPSA) is 59.9 Å². The van der Waals surface area contributed by atoms with Crippen molar-refractivity contribution in [3.8, 4) is 0 Å². The van der Waals surface area contributed by atoms with Crippen LogP contribution in [0.2, 0.25) is 10.4 Å². The maximum Gasteiger partial charge on any atom is 0.245 e. The summed E-state index contributed by atoms with van der Waals surface area (Å²) in [5.41, 5.74) is -0.166. The molecule has 1 aromatic heterocycles. The van der Waals surface area contributed by atoms with E-state index in [1.54, 1.807) is 0 Å². The molecule has 0 aliphatic carbocycles. The lowest BCUT2D eigenvalue weighted by Crippen LogP contribution is -2.32. The Morgan fingerprint density at radius 1 is 1.44 bits per heavy atom. The molecule has 0 bridgehead atoms. The molecule has 1 saturated heterocycles. The zero-order chi connectivity index (χ0) is 11.6. The van der Waals surface area contributed by atoms with E-state index in [2.05, 4.69) is 27.4 Å². The number of ether oxygens (including phenoxy) is 1. The number of anilines is 1. The van der Waals surface area contributed by atoms with Gasteiger partial charge in [0.25, 0.3) is 0 Å². The lowest BCUT2D eigenvalue weighted by atomic mass is 10.0. The largest absolute Gasteiger partial charge is 0.373 e. The number of hydrogen-bond acceptors (Lipinski definition) is 5. The van der Waals surface area contributed by atoms with Crippen molar-refractivity contribution < 1.29 is 4.74 Å². The Kier molecular flexibility index (Phi) is 3.47. The molecule has 0 radical (unpaired) electrons. The summed E-state index contributed by atoms with van der Waals surface area (Å²) in [5.74, 6) is 0.443. The van der Waals surface area contributed by atoms with E-state index in [4.69, 9.17) is 27.9 Å². The molecule has 0 spiro atoms. The first-order valence-corrected chi connectivity index (χ1v) is 5.78. The molecular formula is C9H12Cl2N4O. The highest BCUT2D eigenvalue weighted by molar-refractivity contribution is 6.32. The highest BCUT2D eigenvalue weighted by atomic mass is 35.5. The summed E-state index contributed by atoms with van der Waals surface area (Å²) in [6.45, 7) is 3.48. The quantitative estimate of drug-likeness (QED) is 0.905. The SMILES string of the molecule is CC1(CNc2nc(Cl)nnc2Cl)CCCO1. The molecule has 7 heteroatoms. The van der Waals surface area contributed by atoms with Crippen LogP contribution in [0.4, 0.5) is 5.82 Å². The lowest BCUT2D eigenvalue weighted by molar-refractivity contribution is 0.0314. The van der Waals surface area contributed by atoms with Crippen molar-refractivity contribution >= 4 is 29.0 Å². The van der Waals surface area contributed by atoms with Crippen LogP contribution in [-0.4, -0.2) is 33.9 Å². The summed E-state index contributed by atoms with van der Waals surface area (Å²) in [6.07, 6.45) is 2.10. The Morgan fingerprint density at radius 2 is 2.25 bits per heavy atom. The smallest absolute Gasteiger partial charge is 0.245 e. The van der Waals surface area contributed by atoms with E-state index in [1.165, 1.54) is 0 Å². The Bertz CT molecular complexity index is 382. The number of halogens is 2. The Balaban J connectivity index is 2.01. The van der Waals surface area contributed by atoms with E-state index < -0.39 is 0 Å². The van der Waals surface area contributed by atoms with Crippen LogP contribution < -0.4 is 5.32 Å². The normalized spacial score (nSPS) is 24.7. The number of nitrogens with zero attached hydrogens (tertiary/aromatic N) is 3. The van der Waals surface area contributed by atoms with Gasteiger partial charge in [0, 0.05) is 13.2 Å². The maximum absolute atomic E-state index is 5.83. The van der Waals surface area contributed by atoms with Crippen LogP contribution in [-0.2, 0) is 4.74 Å². The first-order valence-electron chi connectivity index (χ1n) is 5.03. The average Bonchev–Trinajstić information content (AvgIpc) is 2.67. The molecular weight excluding hydrogens is 251 g/mol. The summed E-state index contributed by atoms with van der Waals surface area (Å²) < 4.78 is 5.63. The summed E-state index contributed by atoms with van der Waals surface area (Å²) in [6, 6.07) is 0. The van der Waals surface area contributed by atoms with Crippen molar-refractivity contribution in [1.29, 1.82) is 0 Å². The van der Waals surface area contributed by atoms with Crippen LogP contribution in [0.1, 0.15) is 19.8 Å². The molecule has 1 aliphatic heterocycles. The first-order chi connectivity index (χ1) is 7.59. The standard InChI is InChI=1S/C9H12Cl2N4O/c1-9(3-2-4-16-9)5-12-7-6(10)14-15-8(11)13-7/h2-5H2,1H3,(H,12,13,15). The second-order valence-corrected chi connectivity index (χ2v) is 4.67. The van der Waals surface area contributed by atoms with Gasteiger partial charge >= 0.3 is 0 Å². The van der Waals surface area contributed by atoms with Gasteiger partial charge in [0.15, 0.2) is 11.0 Å². The van der Waals surface area contributed by atoms with E-state index >= 15 is 0 Å². The predicted molar refractivity (Wildman–Crippen MR) is 61.9 cm³/mol. The van der Waals surface area contributed by atoms with Gasteiger partial charge in [-0.3, -0.25) is 0 Å². The summed E-state index contributed by atoms with van der Waals surface area (Å²) in [5, 5.41) is 10.6. The van der Waals surface area contributed by atoms with Gasteiger partial charge in [-0.15, -0.1) is 10.2 Å². The van der Waals surface area contributed by atoms with Crippen LogP contribution >= 0.6 is 23.2 Å². The molecule has 1 aliphatic rings. The number of hydrogen-bond donors (Lipinski definition) is 1. The molecule has 16 heavy (non-hydrogen) atoms. The Labute approximate surface area is 104 Å². The summed E-state index contributed by atoms with van der Waals surface area (Å²) in [7, 11) is 0. The molecule has 2 heterocycles. The fourth-order valence-electron chi connectivity index (χ4n) is 1.65. The van der Waals surface area contributed by atoms with Crippen molar-refractivity contribution in [2.24, 2.45) is 0 Å². The van der Waals surface area contributed by atoms with Crippen molar-refractivity contribution in [2.75, 3.05) is 18.5 Å². The van der Waals surface area contributed by atoms with E-state index in [9.17, 15) is 0 Å². The molecule has 2 rings (SSSR count). The number of nitrogens with one attached hydrogen (secondary N) is 1. The monoisotopic (exact) mass is 262 g/mol. The molecule has 88 valence electrons. The molecule has 1 aromatic rings. The molecule has 0 aromatic carbocycles. The minimum atomic E-state index is -0.166. The third-order valence-corrected chi connectivity index (χ3v) is 2.96. The van der Waals surface area contributed by atoms with Crippen molar-refractivity contribution in [3.63, 3.8) is 0 Å². The predicted octanol–water partition coefficient (Wildman–Crippen LogP) is 2.16. The second-order valence-electron chi connectivity index (χ2n) is 3.98. The summed E-state index contributed by atoms with van der Waals surface area (Å²) >= 11 is 11.5. The Morgan fingerprint density at radius 3 is 2.94 bits per heavy atom. The molecule has 1 N–H and O–H groups in total. The maximum atomic E-state index is 5.83. The number of rotatable bonds is 3. The van der Waals surface area contributed by atoms with Crippen LogP contribution in [0, 0.1) is 0 Å². The molecule has 1 atom stereocenters. The lowest BCUT2D eigenvalue weighted by Gasteiger charge is -2.23. The van der Waals surface area contributed by atoms with Crippen LogP contribution in [0.3, 0.4) is 0 Å². The van der Waals surface area contributed by atoms with E-state index in [0.717, 1.165) is 19.4 Å². The summed E-state index contributed by atoms with van der Waals surface area (Å²) in [4.78, 5) is 3.96. The third-order valence-electron chi connectivity index (χ3n) is 2.55. The third kappa shape index (κ3) is 2.72. The van der Waals surface area contributed by atoms with Crippen LogP contribution in [0.5, 0.6) is 0 Å². The van der Waals surface area contributed by atoms with Gasteiger partial charge < -0.3 is 10.1 Å². The first kappa shape index (κ1) is 11.8. The van der Waals surface area contributed by atoms with Gasteiger partial charge in [0.05, 0.1) is 5.60 Å². The molecule has 1 fully saturated rings. The van der Waals surface area contributed by atoms with Gasteiger partial charge in [-0.1, -0.05) is 11.6 Å². The fraction of sp³-hybridized carbons (Fsp3) is 0.667. The second kappa shape index (κ2) is 4.69. The highest BCUT2D eigenvalue weighted by Crippen LogP contribution is 2.26. The van der Waals surface area contributed by atoms with E-state index in [0.29, 0.717) is 12.4 Å². The Hall–Kier alpha value is -0.650. The van der Waals surface area contributed by atoms with Crippen LogP contribution in [0.25, 0.3) is 0 Å². The van der Waals surface area contributed by atoms with Gasteiger partial charge in [-0.2, -0.15) is 4.98 Å². The minimum absolute atomic E-state index is 0.0735. The zero-order valence-electron chi connectivity index (χ0n) is 8.83. The van der Waals surface area contributed by atoms with Gasteiger partial charge in [-0.05, 0) is 31.4 Å². The molecule has 5 nitrogen and oxygen atoms in total. The number of aromatic nitrogens is 3. The van der Waals surface area contributed by atoms with Gasteiger partial charge in [0.1, 0.15) is 0 Å². The van der Waals surface area contributed by atoms with Crippen LogP contribution in [0.15, 0.2) is 0 Å². The van der Waals surface area contributed by atoms with Gasteiger partial charge in [-0.25, -0.2) is 0 Å². The fourth-order valence-corrected chi connectivity index (χ4v) is 1.92. The van der Waals surface area contributed by atoms with Crippen molar-refractivity contribution in [3.05, 3.63) is 10.4 Å². The van der Waals surface area contributed by atoms with Crippen molar-refractivity contribution in [1.82, 2.24) is 15.2 Å². The molecule has 0 saturated carbocycles. The zero-order valence-corrected chi connectivity index (χ0v) is 10.3. The van der Waals surface area contributed by atoms with Crippen molar-refractivity contribution in [2.45, 2.75) is 25.4 Å². The minimum Gasteiger partial charge on any atom is -0.373 e. The van der Waals surface area contributed by atoms with E-state index in [-0.39, 0.29) is 16.0 Å².